The third-order valence-electron chi connectivity index (χ3n) is 5.28. The molecule has 0 atom stereocenters. The van der Waals surface area contributed by atoms with Crippen LogP contribution in [-0.2, 0) is 0 Å². The first-order valence-electron chi connectivity index (χ1n) is 8.74. The molecular formula is C20H18N5O-. The highest BCUT2D eigenvalue weighted by molar-refractivity contribution is 5.95. The van der Waals surface area contributed by atoms with Gasteiger partial charge in [0.15, 0.2) is 0 Å². The van der Waals surface area contributed by atoms with Crippen LogP contribution in [0.3, 0.4) is 0 Å². The maximum Gasteiger partial charge on any atom is 0.139 e. The highest BCUT2D eigenvalue weighted by Crippen LogP contribution is 2.46. The van der Waals surface area contributed by atoms with Gasteiger partial charge in [0.1, 0.15) is 17.2 Å². The van der Waals surface area contributed by atoms with E-state index in [2.05, 4.69) is 34.3 Å². The van der Waals surface area contributed by atoms with Crippen molar-refractivity contribution in [2.24, 2.45) is 0 Å². The van der Waals surface area contributed by atoms with Crippen LogP contribution >= 0.6 is 0 Å². The number of benzene rings is 2. The van der Waals surface area contributed by atoms with Crippen LogP contribution < -0.4 is 4.74 Å². The minimum atomic E-state index is 0.0784. The SMILES string of the molecule is COc1cccc2c1nc([NH-])n1nc(C3CC(c4ccccc4)C3)nc21. The van der Waals surface area contributed by atoms with Crippen LogP contribution in [0.25, 0.3) is 22.3 Å². The van der Waals surface area contributed by atoms with Gasteiger partial charge in [-0.25, -0.2) is 10.1 Å². The second kappa shape index (κ2) is 5.69. The molecule has 1 aliphatic rings. The van der Waals surface area contributed by atoms with Gasteiger partial charge < -0.3 is 15.5 Å². The van der Waals surface area contributed by atoms with Gasteiger partial charge in [0, 0.05) is 22.8 Å². The Balaban J connectivity index is 1.53. The molecule has 1 aliphatic carbocycles. The third kappa shape index (κ3) is 2.22. The zero-order chi connectivity index (χ0) is 17.7. The van der Waals surface area contributed by atoms with E-state index >= 15 is 0 Å². The summed E-state index contributed by atoms with van der Waals surface area (Å²) in [7, 11) is 1.61. The second-order valence-electron chi connectivity index (χ2n) is 6.77. The molecule has 0 aliphatic heterocycles. The van der Waals surface area contributed by atoms with Gasteiger partial charge in [-0.05, 0) is 30.4 Å². The molecule has 2 heterocycles. The molecule has 4 aromatic rings. The Morgan fingerprint density at radius 1 is 1.00 bits per heavy atom. The minimum Gasteiger partial charge on any atom is -0.496 e. The van der Waals surface area contributed by atoms with E-state index in [1.807, 2.05) is 24.3 Å². The number of aromatic nitrogens is 4. The Bertz CT molecular complexity index is 1100. The molecule has 1 N–H and O–H groups in total. The van der Waals surface area contributed by atoms with Crippen LogP contribution in [0.2, 0.25) is 0 Å². The Labute approximate surface area is 150 Å². The number of nitrogens with one attached hydrogen (secondary N) is 1. The van der Waals surface area contributed by atoms with Crippen molar-refractivity contribution in [3.8, 4) is 5.75 Å². The van der Waals surface area contributed by atoms with E-state index in [1.54, 1.807) is 7.11 Å². The fourth-order valence-electron chi connectivity index (χ4n) is 3.79. The van der Waals surface area contributed by atoms with Crippen molar-refractivity contribution < 1.29 is 4.74 Å². The number of nitrogens with zero attached hydrogens (tertiary/aromatic N) is 4. The summed E-state index contributed by atoms with van der Waals surface area (Å²) in [6, 6.07) is 16.3. The Hall–Kier alpha value is -3.15. The third-order valence-corrected chi connectivity index (χ3v) is 5.28. The maximum atomic E-state index is 8.21. The van der Waals surface area contributed by atoms with E-state index in [0.717, 1.165) is 24.1 Å². The molecule has 0 unspecified atom stereocenters. The quantitative estimate of drug-likeness (QED) is 0.543. The Morgan fingerprint density at radius 2 is 1.81 bits per heavy atom. The average molecular weight is 344 g/mol. The molecule has 26 heavy (non-hydrogen) atoms. The molecule has 0 bridgehead atoms. The summed E-state index contributed by atoms with van der Waals surface area (Å²) < 4.78 is 6.91. The second-order valence-corrected chi connectivity index (χ2v) is 6.77. The highest BCUT2D eigenvalue weighted by atomic mass is 16.5. The zero-order valence-corrected chi connectivity index (χ0v) is 14.4. The molecule has 2 aromatic heterocycles. The predicted molar refractivity (Wildman–Crippen MR) is 100.0 cm³/mol. The summed E-state index contributed by atoms with van der Waals surface area (Å²) >= 11 is 0. The lowest BCUT2D eigenvalue weighted by atomic mass is 9.71. The van der Waals surface area contributed by atoms with Gasteiger partial charge in [0.05, 0.1) is 7.11 Å². The zero-order valence-electron chi connectivity index (χ0n) is 14.4. The Kier molecular flexibility index (Phi) is 3.31. The molecule has 0 spiro atoms. The van der Waals surface area contributed by atoms with E-state index in [9.17, 15) is 0 Å². The predicted octanol–water partition coefficient (Wildman–Crippen LogP) is 4.63. The normalized spacial score (nSPS) is 19.6. The van der Waals surface area contributed by atoms with Crippen molar-refractivity contribution in [1.82, 2.24) is 19.6 Å². The molecule has 0 radical (unpaired) electrons. The van der Waals surface area contributed by atoms with Gasteiger partial charge in [0.25, 0.3) is 0 Å². The first kappa shape index (κ1) is 15.1. The number of rotatable bonds is 3. The molecule has 0 saturated heterocycles. The van der Waals surface area contributed by atoms with Crippen LogP contribution in [-0.4, -0.2) is 26.7 Å². The monoisotopic (exact) mass is 344 g/mol. The van der Waals surface area contributed by atoms with Crippen LogP contribution in [0.4, 0.5) is 5.95 Å². The molecule has 1 fully saturated rings. The van der Waals surface area contributed by atoms with Crippen molar-refractivity contribution >= 4 is 22.5 Å². The number of fused-ring (bicyclic) bond motifs is 3. The summed E-state index contributed by atoms with van der Waals surface area (Å²) in [4.78, 5) is 9.12. The first-order chi connectivity index (χ1) is 12.7. The minimum absolute atomic E-state index is 0.0784. The van der Waals surface area contributed by atoms with Crippen molar-refractivity contribution in [2.45, 2.75) is 24.7 Å². The molecule has 0 amide bonds. The number of para-hydroxylation sites is 1. The van der Waals surface area contributed by atoms with Crippen LogP contribution in [0, 0.1) is 0 Å². The number of methoxy groups -OCH3 is 1. The molecule has 1 saturated carbocycles. The lowest BCUT2D eigenvalue weighted by Crippen LogP contribution is -2.21. The molecule has 130 valence electrons. The van der Waals surface area contributed by atoms with Crippen molar-refractivity contribution in [3.63, 3.8) is 0 Å². The van der Waals surface area contributed by atoms with Crippen LogP contribution in [0.15, 0.2) is 48.5 Å². The van der Waals surface area contributed by atoms with Gasteiger partial charge in [-0.1, -0.05) is 42.5 Å². The summed E-state index contributed by atoms with van der Waals surface area (Å²) in [5, 5.41) is 5.44. The van der Waals surface area contributed by atoms with Gasteiger partial charge in [0.2, 0.25) is 0 Å². The lowest BCUT2D eigenvalue weighted by Gasteiger charge is -2.34. The standard InChI is InChI=1S/C20H18N5O/c1-26-16-9-5-8-15-17(16)22-20(21)25-19(15)23-18(24-25)14-10-13(11-14)12-6-3-2-4-7-12/h2-9,13-14H,10-11H2,1H3,(H-,21,22)/q-1. The van der Waals surface area contributed by atoms with E-state index < -0.39 is 0 Å². The van der Waals surface area contributed by atoms with E-state index in [0.29, 0.717) is 28.7 Å². The average Bonchev–Trinajstić information content (AvgIpc) is 3.07. The number of hydrogen-bond donors (Lipinski definition) is 0. The van der Waals surface area contributed by atoms with Gasteiger partial charge in [-0.2, -0.15) is 0 Å². The van der Waals surface area contributed by atoms with Crippen molar-refractivity contribution in [3.05, 3.63) is 65.7 Å². The van der Waals surface area contributed by atoms with Crippen LogP contribution in [0.1, 0.15) is 36.1 Å². The smallest absolute Gasteiger partial charge is 0.139 e. The molecular weight excluding hydrogens is 326 g/mol. The first-order valence-corrected chi connectivity index (χ1v) is 8.74. The lowest BCUT2D eigenvalue weighted by molar-refractivity contribution is 0.338. The fraction of sp³-hybridized carbons (Fsp3) is 0.250. The van der Waals surface area contributed by atoms with Crippen molar-refractivity contribution in [1.29, 1.82) is 0 Å². The molecule has 2 aromatic carbocycles. The van der Waals surface area contributed by atoms with Gasteiger partial charge in [-0.15, -0.1) is 0 Å². The largest absolute Gasteiger partial charge is 0.496 e. The maximum absolute atomic E-state index is 8.21. The topological polar surface area (TPSA) is 76.1 Å². The highest BCUT2D eigenvalue weighted by Gasteiger charge is 2.33. The molecule has 5 rings (SSSR count). The van der Waals surface area contributed by atoms with E-state index in [1.165, 1.54) is 10.1 Å². The number of ether oxygens (including phenoxy) is 1. The fourth-order valence-corrected chi connectivity index (χ4v) is 3.79. The van der Waals surface area contributed by atoms with E-state index in [-0.39, 0.29) is 5.95 Å². The Morgan fingerprint density at radius 3 is 2.58 bits per heavy atom. The molecule has 6 heteroatoms. The number of hydrogen-bond acceptors (Lipinski definition) is 4. The summed E-state index contributed by atoms with van der Waals surface area (Å²) in [6.45, 7) is 0. The van der Waals surface area contributed by atoms with Crippen molar-refractivity contribution in [2.75, 3.05) is 7.11 Å². The summed E-state index contributed by atoms with van der Waals surface area (Å²) in [6.07, 6.45) is 2.09. The molecule has 6 nitrogen and oxygen atoms in total. The van der Waals surface area contributed by atoms with Crippen LogP contribution in [0.5, 0.6) is 5.75 Å². The van der Waals surface area contributed by atoms with E-state index in [4.69, 9.17) is 15.5 Å². The summed E-state index contributed by atoms with van der Waals surface area (Å²) in [5.74, 6) is 2.44. The van der Waals surface area contributed by atoms with Gasteiger partial charge >= 0.3 is 0 Å². The summed E-state index contributed by atoms with van der Waals surface area (Å²) in [5.41, 5.74) is 10.9. The van der Waals surface area contributed by atoms with Gasteiger partial charge in [-0.3, -0.25) is 4.52 Å².